The lowest BCUT2D eigenvalue weighted by Gasteiger charge is -2.16. The summed E-state index contributed by atoms with van der Waals surface area (Å²) < 4.78 is 5.23. The van der Waals surface area contributed by atoms with Gasteiger partial charge in [-0.2, -0.15) is 0 Å². The molecule has 1 amide bonds. The average molecular weight is 417 g/mol. The van der Waals surface area contributed by atoms with Crippen molar-refractivity contribution in [3.63, 3.8) is 0 Å². The minimum Gasteiger partial charge on any atom is -0.462 e. The lowest BCUT2D eigenvalue weighted by Crippen LogP contribution is -3.08. The molecule has 3 rings (SSSR count). The zero-order valence-electron chi connectivity index (χ0n) is 17.6. The van der Waals surface area contributed by atoms with Gasteiger partial charge in [0.1, 0.15) is 11.5 Å². The van der Waals surface area contributed by atoms with E-state index in [1.165, 1.54) is 21.8 Å². The molecule has 1 atom stereocenters. The summed E-state index contributed by atoms with van der Waals surface area (Å²) in [5.74, 6) is -0.415. The Morgan fingerprint density at radius 2 is 1.93 bits per heavy atom. The Morgan fingerprint density at radius 1 is 1.21 bits per heavy atom. The highest BCUT2D eigenvalue weighted by molar-refractivity contribution is 7.17. The van der Waals surface area contributed by atoms with Crippen molar-refractivity contribution in [1.29, 1.82) is 0 Å². The van der Waals surface area contributed by atoms with Crippen molar-refractivity contribution in [2.24, 2.45) is 0 Å². The molecule has 156 valence electrons. The van der Waals surface area contributed by atoms with Gasteiger partial charge in [0.05, 0.1) is 19.2 Å². The van der Waals surface area contributed by atoms with Crippen LogP contribution in [0.1, 0.15) is 39.7 Å². The number of carbonyl (C=O) groups is 2. The Hall–Kier alpha value is -2.38. The first-order valence-corrected chi connectivity index (χ1v) is 10.9. The second-order valence-corrected chi connectivity index (χ2v) is 8.81. The molecule has 1 aromatic heterocycles. The standard InChI is InChI=1S/C22H29N3O3S/c1-5-28-22(27)20-17-7-6-8-18(17)29-21(20)23-19(26)14-25(4)13-15-9-11-16(12-10-15)24(2)3/h9-12H,5-8,13-14H2,1-4H3,(H,23,26)/p+1. The van der Waals surface area contributed by atoms with Crippen molar-refractivity contribution in [2.45, 2.75) is 32.7 Å². The third-order valence-corrected chi connectivity index (χ3v) is 6.28. The molecule has 0 radical (unpaired) electrons. The van der Waals surface area contributed by atoms with Gasteiger partial charge in [-0.05, 0) is 43.9 Å². The fraction of sp³-hybridized carbons (Fsp3) is 0.455. The van der Waals surface area contributed by atoms with E-state index in [0.29, 0.717) is 23.7 Å². The molecule has 29 heavy (non-hydrogen) atoms. The van der Waals surface area contributed by atoms with E-state index in [4.69, 9.17) is 4.74 Å². The van der Waals surface area contributed by atoms with Gasteiger partial charge in [0.15, 0.2) is 6.54 Å². The van der Waals surface area contributed by atoms with Crippen molar-refractivity contribution in [2.75, 3.05) is 44.5 Å². The number of nitrogens with zero attached hydrogens (tertiary/aromatic N) is 1. The van der Waals surface area contributed by atoms with Crippen LogP contribution in [-0.2, 0) is 28.9 Å². The van der Waals surface area contributed by atoms with E-state index >= 15 is 0 Å². The third-order valence-electron chi connectivity index (χ3n) is 5.07. The van der Waals surface area contributed by atoms with Gasteiger partial charge in [-0.1, -0.05) is 12.1 Å². The summed E-state index contributed by atoms with van der Waals surface area (Å²) in [6.07, 6.45) is 2.90. The third kappa shape index (κ3) is 5.16. The number of hydrogen-bond acceptors (Lipinski definition) is 5. The molecule has 0 saturated carbocycles. The number of quaternary nitrogens is 1. The number of nitrogens with one attached hydrogen (secondary N) is 2. The molecule has 0 bridgehead atoms. The van der Waals surface area contributed by atoms with Gasteiger partial charge < -0.3 is 19.9 Å². The smallest absolute Gasteiger partial charge is 0.341 e. The van der Waals surface area contributed by atoms with Crippen molar-refractivity contribution >= 4 is 33.9 Å². The minimum absolute atomic E-state index is 0.0853. The highest BCUT2D eigenvalue weighted by Crippen LogP contribution is 2.39. The summed E-state index contributed by atoms with van der Waals surface area (Å²) in [6, 6.07) is 8.36. The zero-order chi connectivity index (χ0) is 21.0. The number of carbonyl (C=O) groups excluding carboxylic acids is 2. The molecule has 2 N–H and O–H groups in total. The minimum atomic E-state index is -0.330. The van der Waals surface area contributed by atoms with E-state index in [2.05, 4.69) is 34.5 Å². The number of benzene rings is 1. The number of ether oxygens (including phenoxy) is 1. The van der Waals surface area contributed by atoms with E-state index < -0.39 is 0 Å². The average Bonchev–Trinajstić information content (AvgIpc) is 3.22. The number of anilines is 2. The van der Waals surface area contributed by atoms with Crippen LogP contribution in [0.2, 0.25) is 0 Å². The highest BCUT2D eigenvalue weighted by atomic mass is 32.1. The number of rotatable bonds is 8. The van der Waals surface area contributed by atoms with Gasteiger partial charge in [-0.25, -0.2) is 4.79 Å². The maximum absolute atomic E-state index is 12.6. The number of thiophene rings is 1. The first-order valence-electron chi connectivity index (χ1n) is 10.1. The molecule has 1 aliphatic rings. The maximum Gasteiger partial charge on any atom is 0.341 e. The second kappa shape index (κ2) is 9.41. The molecule has 0 fully saturated rings. The van der Waals surface area contributed by atoms with Crippen LogP contribution in [0.5, 0.6) is 0 Å². The summed E-state index contributed by atoms with van der Waals surface area (Å²) in [4.78, 5) is 29.4. The van der Waals surface area contributed by atoms with Crippen LogP contribution in [0, 0.1) is 0 Å². The normalized spacial score (nSPS) is 13.7. The van der Waals surface area contributed by atoms with Crippen LogP contribution in [0.25, 0.3) is 0 Å². The first-order chi connectivity index (χ1) is 13.9. The van der Waals surface area contributed by atoms with Crippen molar-refractivity contribution < 1.29 is 19.2 Å². The fourth-order valence-electron chi connectivity index (χ4n) is 3.68. The zero-order valence-corrected chi connectivity index (χ0v) is 18.4. The Morgan fingerprint density at radius 3 is 2.59 bits per heavy atom. The molecule has 1 aromatic carbocycles. The van der Waals surface area contributed by atoms with Crippen LogP contribution >= 0.6 is 11.3 Å². The predicted molar refractivity (Wildman–Crippen MR) is 117 cm³/mol. The summed E-state index contributed by atoms with van der Waals surface area (Å²) >= 11 is 1.52. The molecule has 6 nitrogen and oxygen atoms in total. The van der Waals surface area contributed by atoms with Gasteiger partial charge >= 0.3 is 5.97 Å². The molecule has 0 spiro atoms. The molecule has 1 aliphatic carbocycles. The predicted octanol–water partition coefficient (Wildman–Crippen LogP) is 2.13. The van der Waals surface area contributed by atoms with Gasteiger partial charge in [0.25, 0.3) is 5.91 Å². The quantitative estimate of drug-likeness (QED) is 0.647. The first kappa shape index (κ1) is 21.3. The molecule has 1 heterocycles. The number of hydrogen-bond donors (Lipinski definition) is 2. The summed E-state index contributed by atoms with van der Waals surface area (Å²) in [6.45, 7) is 3.22. The van der Waals surface area contributed by atoms with Gasteiger partial charge in [0.2, 0.25) is 0 Å². The van der Waals surface area contributed by atoms with Crippen LogP contribution in [0.4, 0.5) is 10.7 Å². The topological polar surface area (TPSA) is 63.1 Å². The number of aryl methyl sites for hydroxylation is 1. The van der Waals surface area contributed by atoms with E-state index in [0.717, 1.165) is 42.0 Å². The summed E-state index contributed by atoms with van der Waals surface area (Å²) in [5.41, 5.74) is 3.96. The molecule has 0 aliphatic heterocycles. The molecular formula is C22H30N3O3S+. The molecule has 2 aromatic rings. The highest BCUT2D eigenvalue weighted by Gasteiger charge is 2.28. The molecule has 0 saturated heterocycles. The fourth-order valence-corrected chi connectivity index (χ4v) is 4.97. The van der Waals surface area contributed by atoms with Crippen molar-refractivity contribution in [3.05, 3.63) is 45.8 Å². The van der Waals surface area contributed by atoms with Crippen LogP contribution in [0.3, 0.4) is 0 Å². The lowest BCUT2D eigenvalue weighted by molar-refractivity contribution is -0.885. The number of fused-ring (bicyclic) bond motifs is 1. The largest absolute Gasteiger partial charge is 0.462 e. The van der Waals surface area contributed by atoms with Crippen LogP contribution in [-0.4, -0.2) is 46.2 Å². The summed E-state index contributed by atoms with van der Waals surface area (Å²) in [7, 11) is 6.03. The Balaban J connectivity index is 1.62. The van der Waals surface area contributed by atoms with E-state index in [9.17, 15) is 9.59 Å². The Kier molecular flexibility index (Phi) is 6.92. The van der Waals surface area contributed by atoms with Gasteiger partial charge in [-0.3, -0.25) is 4.79 Å². The van der Waals surface area contributed by atoms with E-state index in [-0.39, 0.29) is 11.9 Å². The molecular weight excluding hydrogens is 386 g/mol. The van der Waals surface area contributed by atoms with Crippen LogP contribution in [0.15, 0.2) is 24.3 Å². The van der Waals surface area contributed by atoms with Crippen LogP contribution < -0.4 is 15.1 Å². The monoisotopic (exact) mass is 416 g/mol. The maximum atomic E-state index is 12.6. The lowest BCUT2D eigenvalue weighted by atomic mass is 10.1. The van der Waals surface area contributed by atoms with E-state index in [1.54, 1.807) is 6.92 Å². The van der Waals surface area contributed by atoms with Crippen molar-refractivity contribution in [3.8, 4) is 0 Å². The summed E-state index contributed by atoms with van der Waals surface area (Å²) in [5, 5.41) is 3.61. The molecule has 1 unspecified atom stereocenters. The van der Waals surface area contributed by atoms with Crippen molar-refractivity contribution in [1.82, 2.24) is 0 Å². The Labute approximate surface area is 176 Å². The number of esters is 1. The molecule has 7 heteroatoms. The van der Waals surface area contributed by atoms with Gasteiger partial charge in [0, 0.05) is 30.2 Å². The number of amides is 1. The Bertz CT molecular complexity index is 874. The van der Waals surface area contributed by atoms with E-state index in [1.807, 2.05) is 21.1 Å². The number of likely N-dealkylation sites (N-methyl/N-ethyl adjacent to an activating group) is 1. The van der Waals surface area contributed by atoms with Gasteiger partial charge in [-0.15, -0.1) is 11.3 Å². The SMILES string of the molecule is CCOC(=O)c1c(NC(=O)C[NH+](C)Cc2ccc(N(C)C)cc2)sc2c1CCC2. The second-order valence-electron chi connectivity index (χ2n) is 7.70.